The molecule has 4 amide bonds. The van der Waals surface area contributed by atoms with E-state index in [-0.39, 0.29) is 40.8 Å². The van der Waals surface area contributed by atoms with Crippen LogP contribution in [0.25, 0.3) is 10.9 Å². The van der Waals surface area contributed by atoms with Crippen LogP contribution in [0.1, 0.15) is 69.1 Å². The molecule has 4 heterocycles. The molecule has 2 aromatic carbocycles. The number of H-pyrrole nitrogens is 1. The molecule has 0 saturated carbocycles. The summed E-state index contributed by atoms with van der Waals surface area (Å²) in [5.41, 5.74) is 4.62. The summed E-state index contributed by atoms with van der Waals surface area (Å²) in [6.45, 7) is 3.41. The predicted octanol–water partition coefficient (Wildman–Crippen LogP) is 3.62. The Morgan fingerprint density at radius 2 is 1.84 bits per heavy atom. The zero-order valence-electron chi connectivity index (χ0n) is 20.8. The van der Waals surface area contributed by atoms with E-state index in [0.29, 0.717) is 42.8 Å². The number of imide groups is 1. The molecule has 3 N–H and O–H groups in total. The van der Waals surface area contributed by atoms with E-state index in [9.17, 15) is 24.3 Å². The number of fused-ring (bicyclic) bond motifs is 2. The zero-order chi connectivity index (χ0) is 26.7. The molecule has 6 rings (SSSR count). The first-order chi connectivity index (χ1) is 18.2. The van der Waals surface area contributed by atoms with Crippen LogP contribution in [0.15, 0.2) is 30.3 Å². The van der Waals surface area contributed by atoms with E-state index in [0.717, 1.165) is 34.9 Å². The van der Waals surface area contributed by atoms with Gasteiger partial charge in [-0.1, -0.05) is 23.7 Å². The van der Waals surface area contributed by atoms with Crippen molar-refractivity contribution in [3.05, 3.63) is 63.3 Å². The number of phenols is 1. The number of carbonyl (C=O) groups excluding carboxylic acids is 4. The molecule has 2 saturated heterocycles. The number of aromatic amines is 1. The lowest BCUT2D eigenvalue weighted by molar-refractivity contribution is -0.136. The number of nitrogens with one attached hydrogen (secondary N) is 2. The van der Waals surface area contributed by atoms with Crippen LogP contribution in [-0.4, -0.2) is 62.7 Å². The van der Waals surface area contributed by atoms with Gasteiger partial charge in [0, 0.05) is 42.5 Å². The standard InChI is InChI=1S/C28H27ClN4O5/c1-14-19-11-23(34)20(29)12-21(19)30-25(14)28(38)32-8-6-15(7-9-32)16-2-3-18-17(10-16)13-33(27(18)37)22-4-5-24(35)31-26(22)36/h2-3,10-12,15,22,30,34H,4-9,13H2,1H3,(H,31,35,36). The second-order valence-electron chi connectivity index (χ2n) is 10.4. The summed E-state index contributed by atoms with van der Waals surface area (Å²) in [4.78, 5) is 56.7. The third kappa shape index (κ3) is 4.01. The number of rotatable bonds is 3. The topological polar surface area (TPSA) is 123 Å². The molecule has 3 aliphatic rings. The average Bonchev–Trinajstić information content (AvgIpc) is 3.40. The normalized spacial score (nSPS) is 20.3. The van der Waals surface area contributed by atoms with Crippen molar-refractivity contribution < 1.29 is 24.3 Å². The number of piperidine rings is 2. The maximum absolute atomic E-state index is 13.3. The molecule has 0 spiro atoms. The molecule has 1 unspecified atom stereocenters. The lowest BCUT2D eigenvalue weighted by Crippen LogP contribution is -2.52. The number of benzene rings is 2. The van der Waals surface area contributed by atoms with Crippen LogP contribution in [-0.2, 0) is 16.1 Å². The Morgan fingerprint density at radius 3 is 2.58 bits per heavy atom. The van der Waals surface area contributed by atoms with E-state index in [2.05, 4.69) is 16.4 Å². The molecule has 2 fully saturated rings. The predicted molar refractivity (Wildman–Crippen MR) is 140 cm³/mol. The monoisotopic (exact) mass is 534 g/mol. The van der Waals surface area contributed by atoms with Crippen LogP contribution in [0.4, 0.5) is 0 Å². The molecule has 9 nitrogen and oxygen atoms in total. The number of aromatic nitrogens is 1. The average molecular weight is 535 g/mol. The molecule has 0 bridgehead atoms. The number of carbonyl (C=O) groups is 4. The van der Waals surface area contributed by atoms with Crippen LogP contribution in [0.3, 0.4) is 0 Å². The van der Waals surface area contributed by atoms with Crippen molar-refractivity contribution >= 4 is 46.1 Å². The van der Waals surface area contributed by atoms with Crippen molar-refractivity contribution in [2.75, 3.05) is 13.1 Å². The Balaban J connectivity index is 1.14. The Morgan fingerprint density at radius 1 is 1.08 bits per heavy atom. The number of nitrogens with zero attached hydrogens (tertiary/aromatic N) is 2. The van der Waals surface area contributed by atoms with Crippen molar-refractivity contribution in [3.8, 4) is 5.75 Å². The number of hydrogen-bond donors (Lipinski definition) is 3. The van der Waals surface area contributed by atoms with Crippen molar-refractivity contribution in [2.24, 2.45) is 0 Å². The van der Waals surface area contributed by atoms with Gasteiger partial charge in [-0.15, -0.1) is 0 Å². The van der Waals surface area contributed by atoms with Gasteiger partial charge in [0.25, 0.3) is 11.8 Å². The number of aromatic hydroxyl groups is 1. The maximum atomic E-state index is 13.3. The lowest BCUT2D eigenvalue weighted by atomic mass is 9.87. The molecule has 196 valence electrons. The van der Waals surface area contributed by atoms with Gasteiger partial charge in [0.15, 0.2) is 0 Å². The van der Waals surface area contributed by atoms with Crippen LogP contribution in [0.5, 0.6) is 5.75 Å². The number of amides is 4. The highest BCUT2D eigenvalue weighted by molar-refractivity contribution is 6.32. The first-order valence-electron chi connectivity index (χ1n) is 12.8. The summed E-state index contributed by atoms with van der Waals surface area (Å²) in [6.07, 6.45) is 2.16. The van der Waals surface area contributed by atoms with Crippen molar-refractivity contribution in [3.63, 3.8) is 0 Å². The maximum Gasteiger partial charge on any atom is 0.270 e. The van der Waals surface area contributed by atoms with E-state index >= 15 is 0 Å². The second kappa shape index (κ2) is 9.16. The van der Waals surface area contributed by atoms with Crippen molar-refractivity contribution in [2.45, 2.75) is 51.1 Å². The highest BCUT2D eigenvalue weighted by Crippen LogP contribution is 2.35. The fraction of sp³-hybridized carbons (Fsp3) is 0.357. The van der Waals surface area contributed by atoms with Gasteiger partial charge in [-0.25, -0.2) is 0 Å². The van der Waals surface area contributed by atoms with Crippen LogP contribution < -0.4 is 5.32 Å². The first-order valence-corrected chi connectivity index (χ1v) is 13.2. The molecular formula is C28H27ClN4O5. The molecule has 0 radical (unpaired) electrons. The number of halogens is 1. The number of hydrogen-bond acceptors (Lipinski definition) is 5. The molecule has 10 heteroatoms. The number of likely N-dealkylation sites (tertiary alicyclic amines) is 1. The lowest BCUT2D eigenvalue weighted by Gasteiger charge is -2.32. The van der Waals surface area contributed by atoms with E-state index in [1.54, 1.807) is 17.0 Å². The van der Waals surface area contributed by atoms with E-state index in [4.69, 9.17) is 11.6 Å². The zero-order valence-corrected chi connectivity index (χ0v) is 21.6. The van der Waals surface area contributed by atoms with Gasteiger partial charge in [0.1, 0.15) is 17.5 Å². The van der Waals surface area contributed by atoms with Crippen LogP contribution in [0, 0.1) is 6.92 Å². The van der Waals surface area contributed by atoms with Crippen LogP contribution >= 0.6 is 11.6 Å². The van der Waals surface area contributed by atoms with Crippen molar-refractivity contribution in [1.29, 1.82) is 0 Å². The van der Waals surface area contributed by atoms with Gasteiger partial charge in [0.2, 0.25) is 11.8 Å². The number of phenolic OH excluding ortho intramolecular Hbond substituents is 1. The molecule has 1 atom stereocenters. The van der Waals surface area contributed by atoms with E-state index < -0.39 is 11.9 Å². The SMILES string of the molecule is Cc1c(C(=O)N2CCC(c3ccc4c(c3)CN(C3CCC(=O)NC3=O)C4=O)CC2)[nH]c2cc(Cl)c(O)cc12. The van der Waals surface area contributed by atoms with Gasteiger partial charge < -0.3 is 19.9 Å². The third-order valence-electron chi connectivity index (χ3n) is 8.14. The Labute approximate surface area is 223 Å². The highest BCUT2D eigenvalue weighted by Gasteiger charge is 2.39. The summed E-state index contributed by atoms with van der Waals surface area (Å²) in [6, 6.07) is 8.45. The molecule has 38 heavy (non-hydrogen) atoms. The summed E-state index contributed by atoms with van der Waals surface area (Å²) in [7, 11) is 0. The van der Waals surface area contributed by atoms with Gasteiger partial charge in [-0.2, -0.15) is 0 Å². The van der Waals surface area contributed by atoms with Crippen LogP contribution in [0.2, 0.25) is 5.02 Å². The van der Waals surface area contributed by atoms with Crippen molar-refractivity contribution in [1.82, 2.24) is 20.1 Å². The summed E-state index contributed by atoms with van der Waals surface area (Å²) in [5, 5.41) is 13.3. The molecule has 3 aliphatic heterocycles. The Bertz CT molecular complexity index is 1520. The van der Waals surface area contributed by atoms with Gasteiger partial charge in [0.05, 0.1) is 5.02 Å². The Kier molecular flexibility index (Phi) is 5.90. The molecule has 3 aromatic rings. The molecule has 0 aliphatic carbocycles. The Hall–Kier alpha value is -3.85. The summed E-state index contributed by atoms with van der Waals surface area (Å²) >= 11 is 6.04. The third-order valence-corrected chi connectivity index (χ3v) is 8.44. The largest absolute Gasteiger partial charge is 0.506 e. The number of aryl methyl sites for hydroxylation is 1. The minimum absolute atomic E-state index is 0.0163. The fourth-order valence-electron chi connectivity index (χ4n) is 5.97. The highest BCUT2D eigenvalue weighted by atomic mass is 35.5. The minimum Gasteiger partial charge on any atom is -0.506 e. The fourth-order valence-corrected chi connectivity index (χ4v) is 6.14. The smallest absolute Gasteiger partial charge is 0.270 e. The quantitative estimate of drug-likeness (QED) is 0.443. The molecule has 1 aromatic heterocycles. The first kappa shape index (κ1) is 24.5. The van der Waals surface area contributed by atoms with E-state index in [1.165, 1.54) is 0 Å². The summed E-state index contributed by atoms with van der Waals surface area (Å²) in [5.74, 6) is -0.728. The molecular weight excluding hydrogens is 508 g/mol. The second-order valence-corrected chi connectivity index (χ2v) is 10.8. The van der Waals surface area contributed by atoms with Gasteiger partial charge in [-0.05, 0) is 67.0 Å². The van der Waals surface area contributed by atoms with E-state index in [1.807, 2.05) is 24.0 Å². The summed E-state index contributed by atoms with van der Waals surface area (Å²) < 4.78 is 0. The van der Waals surface area contributed by atoms with Gasteiger partial charge >= 0.3 is 0 Å². The van der Waals surface area contributed by atoms with Gasteiger partial charge in [-0.3, -0.25) is 24.5 Å². The minimum atomic E-state index is -0.626.